The second kappa shape index (κ2) is 13.8. The average molecular weight is 579 g/mol. The molecular formula is C35H34N2O6. The summed E-state index contributed by atoms with van der Waals surface area (Å²) in [6.45, 7) is 2.45. The van der Waals surface area contributed by atoms with Crippen LogP contribution in [0.5, 0.6) is 5.75 Å². The van der Waals surface area contributed by atoms with Crippen LogP contribution in [0.2, 0.25) is 0 Å². The highest BCUT2D eigenvalue weighted by Gasteiger charge is 2.38. The summed E-state index contributed by atoms with van der Waals surface area (Å²) in [5.41, 5.74) is 5.10. The van der Waals surface area contributed by atoms with Crippen LogP contribution in [-0.2, 0) is 37.1 Å². The number of aromatic nitrogens is 1. The van der Waals surface area contributed by atoms with E-state index in [-0.39, 0.29) is 18.9 Å². The molecule has 4 aromatic rings. The van der Waals surface area contributed by atoms with Crippen molar-refractivity contribution in [3.8, 4) is 5.75 Å². The first-order chi connectivity index (χ1) is 20.9. The third kappa shape index (κ3) is 7.65. The molecular weight excluding hydrogens is 544 g/mol. The second-order valence-electron chi connectivity index (χ2n) is 10.6. The summed E-state index contributed by atoms with van der Waals surface area (Å²) in [7, 11) is 1.31. The maximum atomic E-state index is 13.4. The minimum Gasteiger partial charge on any atom is -0.489 e. The summed E-state index contributed by atoms with van der Waals surface area (Å²) < 4.78 is 16.4. The molecule has 0 unspecified atom stereocenters. The van der Waals surface area contributed by atoms with Crippen molar-refractivity contribution in [2.24, 2.45) is 11.8 Å². The van der Waals surface area contributed by atoms with Gasteiger partial charge < -0.3 is 19.5 Å². The number of hydrogen-bond donors (Lipinski definition) is 1. The summed E-state index contributed by atoms with van der Waals surface area (Å²) in [5.74, 6) is -1.90. The first-order valence-corrected chi connectivity index (χ1v) is 14.3. The Labute approximate surface area is 250 Å². The van der Waals surface area contributed by atoms with Gasteiger partial charge in [-0.25, -0.2) is 4.79 Å². The highest BCUT2D eigenvalue weighted by Crippen LogP contribution is 2.36. The van der Waals surface area contributed by atoms with Crippen LogP contribution < -0.4 is 10.1 Å². The lowest BCUT2D eigenvalue weighted by Crippen LogP contribution is -2.37. The number of ether oxygens (including phenoxy) is 3. The summed E-state index contributed by atoms with van der Waals surface area (Å²) in [4.78, 5) is 43.1. The molecule has 1 aliphatic carbocycles. The Morgan fingerprint density at radius 1 is 0.930 bits per heavy atom. The summed E-state index contributed by atoms with van der Waals surface area (Å²) in [6.07, 6.45) is 2.56. The number of esters is 2. The Kier molecular flexibility index (Phi) is 9.46. The molecule has 0 saturated heterocycles. The van der Waals surface area contributed by atoms with Gasteiger partial charge in [-0.05, 0) is 68.1 Å². The fourth-order valence-corrected chi connectivity index (χ4v) is 5.37. The number of aryl methyl sites for hydroxylation is 1. The van der Waals surface area contributed by atoms with Gasteiger partial charge in [0.05, 0.1) is 24.5 Å². The van der Waals surface area contributed by atoms with Crippen LogP contribution in [0.3, 0.4) is 0 Å². The number of allylic oxidation sites excluding steroid dienone is 1. The zero-order valence-corrected chi connectivity index (χ0v) is 24.2. The van der Waals surface area contributed by atoms with E-state index in [2.05, 4.69) is 10.3 Å². The van der Waals surface area contributed by atoms with Gasteiger partial charge in [-0.1, -0.05) is 54.1 Å². The quantitative estimate of drug-likeness (QED) is 0.183. The molecule has 1 N–H and O–H groups in total. The van der Waals surface area contributed by atoms with Crippen LogP contribution in [0.25, 0.3) is 10.9 Å². The predicted molar refractivity (Wildman–Crippen MR) is 163 cm³/mol. The van der Waals surface area contributed by atoms with Crippen LogP contribution in [0, 0.1) is 18.8 Å². The number of pyridine rings is 1. The van der Waals surface area contributed by atoms with E-state index in [0.717, 1.165) is 33.3 Å². The van der Waals surface area contributed by atoms with Crippen LogP contribution in [0.15, 0.2) is 96.6 Å². The van der Waals surface area contributed by atoms with Gasteiger partial charge >= 0.3 is 11.9 Å². The van der Waals surface area contributed by atoms with E-state index in [1.807, 2.05) is 67.6 Å². The van der Waals surface area contributed by atoms with Crippen molar-refractivity contribution in [1.29, 1.82) is 0 Å². The lowest BCUT2D eigenvalue weighted by atomic mass is 9.76. The van der Waals surface area contributed by atoms with Gasteiger partial charge in [-0.2, -0.15) is 0 Å². The maximum absolute atomic E-state index is 13.4. The highest BCUT2D eigenvalue weighted by molar-refractivity contribution is 5.96. The van der Waals surface area contributed by atoms with Crippen molar-refractivity contribution in [1.82, 2.24) is 4.98 Å². The van der Waals surface area contributed by atoms with Gasteiger partial charge in [0.15, 0.2) is 0 Å². The molecule has 1 amide bonds. The lowest BCUT2D eigenvalue weighted by molar-refractivity contribution is -0.154. The van der Waals surface area contributed by atoms with Gasteiger partial charge in [0.2, 0.25) is 5.91 Å². The van der Waals surface area contributed by atoms with Crippen molar-refractivity contribution in [3.63, 3.8) is 0 Å². The third-order valence-electron chi connectivity index (χ3n) is 7.58. The van der Waals surface area contributed by atoms with Crippen LogP contribution >= 0.6 is 0 Å². The number of benzene rings is 3. The number of carbonyl (C=O) groups excluding carboxylic acids is 3. The van der Waals surface area contributed by atoms with Gasteiger partial charge in [-0.15, -0.1) is 0 Å². The Hall–Kier alpha value is -4.98. The van der Waals surface area contributed by atoms with E-state index in [4.69, 9.17) is 14.2 Å². The highest BCUT2D eigenvalue weighted by atomic mass is 16.5. The van der Waals surface area contributed by atoms with Gasteiger partial charge in [0.25, 0.3) is 0 Å². The molecule has 1 fully saturated rings. The number of fused-ring (bicyclic) bond motifs is 1. The Morgan fingerprint density at radius 3 is 2.44 bits per heavy atom. The van der Waals surface area contributed by atoms with Crippen molar-refractivity contribution in [2.45, 2.75) is 39.4 Å². The predicted octanol–water partition coefficient (Wildman–Crippen LogP) is 6.32. The topological polar surface area (TPSA) is 104 Å². The summed E-state index contributed by atoms with van der Waals surface area (Å²) in [6, 6.07) is 26.5. The van der Waals surface area contributed by atoms with Crippen molar-refractivity contribution >= 4 is 34.4 Å². The number of nitrogens with zero attached hydrogens (tertiary/aromatic N) is 1. The van der Waals surface area contributed by atoms with E-state index in [1.54, 1.807) is 24.3 Å². The lowest BCUT2D eigenvalue weighted by Gasteiger charge is -2.30. The number of carbonyl (C=O) groups is 3. The number of para-hydroxylation sites is 1. The molecule has 43 heavy (non-hydrogen) atoms. The van der Waals surface area contributed by atoms with E-state index < -0.39 is 23.8 Å². The van der Waals surface area contributed by atoms with Crippen LogP contribution in [0.1, 0.15) is 36.1 Å². The molecule has 0 aliphatic heterocycles. The number of anilines is 1. The molecule has 1 aromatic heterocycles. The number of amides is 1. The van der Waals surface area contributed by atoms with E-state index >= 15 is 0 Å². The number of rotatable bonds is 9. The Morgan fingerprint density at radius 2 is 1.67 bits per heavy atom. The first-order valence-electron chi connectivity index (χ1n) is 14.3. The van der Waals surface area contributed by atoms with Crippen LogP contribution in [-0.4, -0.2) is 29.9 Å². The second-order valence-corrected chi connectivity index (χ2v) is 10.6. The molecule has 3 aromatic carbocycles. The zero-order valence-electron chi connectivity index (χ0n) is 24.2. The minimum atomic E-state index is -0.727. The third-order valence-corrected chi connectivity index (χ3v) is 7.58. The zero-order chi connectivity index (χ0) is 30.2. The van der Waals surface area contributed by atoms with Crippen LogP contribution in [0.4, 0.5) is 5.69 Å². The molecule has 220 valence electrons. The Balaban J connectivity index is 1.24. The van der Waals surface area contributed by atoms with Crippen molar-refractivity contribution in [2.75, 3.05) is 12.4 Å². The molecule has 1 saturated carbocycles. The molecule has 1 aliphatic rings. The fourth-order valence-electron chi connectivity index (χ4n) is 5.37. The maximum Gasteiger partial charge on any atom is 0.330 e. The molecule has 8 heteroatoms. The molecule has 2 atom stereocenters. The summed E-state index contributed by atoms with van der Waals surface area (Å²) in [5, 5.41) is 4.00. The number of nitrogens with one attached hydrogen (secondary N) is 1. The molecule has 0 spiro atoms. The van der Waals surface area contributed by atoms with E-state index in [0.29, 0.717) is 30.9 Å². The van der Waals surface area contributed by atoms with E-state index in [1.165, 1.54) is 13.2 Å². The molecule has 8 nitrogen and oxygen atoms in total. The van der Waals surface area contributed by atoms with Crippen molar-refractivity contribution < 1.29 is 28.6 Å². The fraction of sp³-hybridized carbons (Fsp3) is 0.257. The molecule has 0 bridgehead atoms. The van der Waals surface area contributed by atoms with Crippen molar-refractivity contribution in [3.05, 3.63) is 113 Å². The molecule has 0 radical (unpaired) electrons. The SMILES string of the molecule is COC(=O)C=C1CC[C@H](C(=O)Nc2ccc(OCc3cc(C)nc4ccccc34)cc2)[C@@H](C(=O)OCc2ccccc2)C1. The van der Waals surface area contributed by atoms with Gasteiger partial charge in [0.1, 0.15) is 19.0 Å². The normalized spacial score (nSPS) is 17.3. The number of methoxy groups -OCH3 is 1. The molecule has 5 rings (SSSR count). The molecule has 1 heterocycles. The van der Waals surface area contributed by atoms with Gasteiger partial charge in [0, 0.05) is 28.4 Å². The average Bonchev–Trinajstić information content (AvgIpc) is 3.03. The standard InChI is InChI=1S/C35H34N2O6/c1-23-18-26(29-10-6-7-11-32(29)36-23)22-42-28-15-13-27(14-16-28)37-34(39)30-17-12-25(20-33(38)41-2)19-31(30)35(40)43-21-24-8-4-3-5-9-24/h3-11,13-16,18,20,30-31H,12,17,19,21-22H2,1-2H3,(H,37,39)/t30-,31-/m0/s1. The smallest absolute Gasteiger partial charge is 0.330 e. The first kappa shape index (κ1) is 29.5. The van der Waals surface area contributed by atoms with Gasteiger partial charge in [-0.3, -0.25) is 14.6 Å². The summed E-state index contributed by atoms with van der Waals surface area (Å²) >= 11 is 0. The minimum absolute atomic E-state index is 0.108. The largest absolute Gasteiger partial charge is 0.489 e. The van der Waals surface area contributed by atoms with E-state index in [9.17, 15) is 14.4 Å². The number of hydrogen-bond acceptors (Lipinski definition) is 7. The monoisotopic (exact) mass is 578 g/mol. The Bertz CT molecular complexity index is 1630.